The third-order valence-electron chi connectivity index (χ3n) is 5.97. The van der Waals surface area contributed by atoms with Crippen molar-refractivity contribution in [3.8, 4) is 11.5 Å². The minimum absolute atomic E-state index is 0. The quantitative estimate of drug-likeness (QED) is 0.401. The predicted molar refractivity (Wildman–Crippen MR) is 152 cm³/mol. The van der Waals surface area contributed by atoms with Gasteiger partial charge in [-0.1, -0.05) is 19.1 Å². The molecule has 1 aliphatic rings. The van der Waals surface area contributed by atoms with Gasteiger partial charge in [0.25, 0.3) is 0 Å². The van der Waals surface area contributed by atoms with Crippen LogP contribution in [0.25, 0.3) is 0 Å². The van der Waals surface area contributed by atoms with E-state index in [9.17, 15) is 13.2 Å². The second kappa shape index (κ2) is 13.5. The van der Waals surface area contributed by atoms with Crippen LogP contribution in [0.15, 0.2) is 48.5 Å². The van der Waals surface area contributed by atoms with Gasteiger partial charge in [0.2, 0.25) is 15.9 Å². The molecule has 1 saturated heterocycles. The van der Waals surface area contributed by atoms with Gasteiger partial charge in [-0.15, -0.1) is 12.4 Å². The van der Waals surface area contributed by atoms with Crippen LogP contribution in [0.3, 0.4) is 0 Å². The Labute approximate surface area is 228 Å². The number of amides is 1. The van der Waals surface area contributed by atoms with Gasteiger partial charge in [-0.3, -0.25) is 14.4 Å². The Kier molecular flexibility index (Phi) is 11.2. The summed E-state index contributed by atoms with van der Waals surface area (Å²) in [6.07, 6.45) is 3.93. The molecule has 1 atom stereocenters. The molecule has 1 unspecified atom stereocenters. The highest BCUT2D eigenvalue weighted by Gasteiger charge is 2.26. The molecule has 3 rings (SSSR count). The van der Waals surface area contributed by atoms with E-state index in [0.717, 1.165) is 50.9 Å². The van der Waals surface area contributed by atoms with Crippen molar-refractivity contribution < 1.29 is 17.9 Å². The zero-order chi connectivity index (χ0) is 26.3. The summed E-state index contributed by atoms with van der Waals surface area (Å²) in [5.41, 5.74) is 1.49. The molecule has 0 radical (unpaired) electrons. The first-order chi connectivity index (χ1) is 16.9. The minimum Gasteiger partial charge on any atom is -0.457 e. The molecule has 2 aromatic rings. The van der Waals surface area contributed by atoms with Gasteiger partial charge in [0, 0.05) is 23.8 Å². The van der Waals surface area contributed by atoms with Crippen LogP contribution < -0.4 is 20.1 Å². The molecule has 0 aliphatic carbocycles. The Morgan fingerprint density at radius 3 is 2.05 bits per heavy atom. The molecule has 1 heterocycles. The van der Waals surface area contributed by atoms with E-state index in [0.29, 0.717) is 17.5 Å². The SMILES string of the molecule is CCC(NC1CCN(Cc2ccc(Oc3ccc(NS(C)(=O)=O)cc3)cc2)CC1)C(=O)NC(C)(C)C.Cl. The van der Waals surface area contributed by atoms with Crippen molar-refractivity contribution in [2.45, 2.75) is 71.1 Å². The van der Waals surface area contributed by atoms with E-state index in [1.165, 1.54) is 5.56 Å². The van der Waals surface area contributed by atoms with Crippen LogP contribution in [-0.2, 0) is 21.4 Å². The number of anilines is 1. The predicted octanol–water partition coefficient (Wildman–Crippen LogP) is 4.52. The first kappa shape index (κ1) is 30.9. The average Bonchev–Trinajstić information content (AvgIpc) is 2.79. The van der Waals surface area contributed by atoms with Crippen molar-refractivity contribution in [1.82, 2.24) is 15.5 Å². The highest BCUT2D eigenvalue weighted by Crippen LogP contribution is 2.24. The first-order valence-corrected chi connectivity index (χ1v) is 14.4. The summed E-state index contributed by atoms with van der Waals surface area (Å²) in [5.74, 6) is 1.44. The van der Waals surface area contributed by atoms with E-state index in [1.807, 2.05) is 39.8 Å². The molecule has 8 nitrogen and oxygen atoms in total. The average molecular weight is 553 g/mol. The number of carbonyl (C=O) groups is 1. The summed E-state index contributed by atoms with van der Waals surface area (Å²) in [6.45, 7) is 10.9. The van der Waals surface area contributed by atoms with E-state index < -0.39 is 10.0 Å². The van der Waals surface area contributed by atoms with E-state index in [2.05, 4.69) is 32.4 Å². The Bertz CT molecular complexity index is 1090. The number of carbonyl (C=O) groups excluding carboxylic acids is 1. The molecule has 1 fully saturated rings. The van der Waals surface area contributed by atoms with Crippen LogP contribution in [0.1, 0.15) is 52.5 Å². The highest BCUT2D eigenvalue weighted by atomic mass is 35.5. The zero-order valence-electron chi connectivity index (χ0n) is 22.4. The second-order valence-corrected chi connectivity index (χ2v) is 12.3. The molecule has 0 bridgehead atoms. The van der Waals surface area contributed by atoms with Crippen molar-refractivity contribution in [3.05, 3.63) is 54.1 Å². The van der Waals surface area contributed by atoms with Crippen LogP contribution in [-0.4, -0.2) is 56.2 Å². The van der Waals surface area contributed by atoms with Crippen LogP contribution in [0.2, 0.25) is 0 Å². The number of ether oxygens (including phenoxy) is 1. The Hall–Kier alpha value is -2.33. The number of likely N-dealkylation sites (tertiary alicyclic amines) is 1. The van der Waals surface area contributed by atoms with Crippen molar-refractivity contribution in [2.24, 2.45) is 0 Å². The standard InChI is InChI=1S/C27H40N4O4S.ClH/c1-6-25(26(32)29-27(2,3)4)28-21-15-17-31(18-16-21)19-20-7-11-23(12-8-20)35-24-13-9-22(10-14-24)30-36(5,33)34;/h7-14,21,25,28,30H,6,15-19H2,1-5H3,(H,29,32);1H. The van der Waals surface area contributed by atoms with Gasteiger partial charge in [-0.2, -0.15) is 0 Å². The van der Waals surface area contributed by atoms with E-state index in [-0.39, 0.29) is 29.9 Å². The molecule has 0 aromatic heterocycles. The number of benzene rings is 2. The van der Waals surface area contributed by atoms with Crippen molar-refractivity contribution in [2.75, 3.05) is 24.1 Å². The van der Waals surface area contributed by atoms with Gasteiger partial charge in [-0.05, 0) is 95.1 Å². The number of halogens is 1. The summed E-state index contributed by atoms with van der Waals surface area (Å²) in [4.78, 5) is 15.0. The Morgan fingerprint density at radius 2 is 1.57 bits per heavy atom. The van der Waals surface area contributed by atoms with Crippen LogP contribution >= 0.6 is 12.4 Å². The molecule has 37 heavy (non-hydrogen) atoms. The van der Waals surface area contributed by atoms with Gasteiger partial charge in [-0.25, -0.2) is 8.42 Å². The van der Waals surface area contributed by atoms with Gasteiger partial charge >= 0.3 is 0 Å². The maximum Gasteiger partial charge on any atom is 0.237 e. The summed E-state index contributed by atoms with van der Waals surface area (Å²) >= 11 is 0. The molecule has 3 N–H and O–H groups in total. The lowest BCUT2D eigenvalue weighted by molar-refractivity contribution is -0.125. The van der Waals surface area contributed by atoms with Crippen molar-refractivity contribution in [1.29, 1.82) is 0 Å². The third-order valence-corrected chi connectivity index (χ3v) is 6.58. The van der Waals surface area contributed by atoms with Crippen molar-refractivity contribution >= 4 is 34.0 Å². The van der Waals surface area contributed by atoms with Crippen LogP contribution in [0.4, 0.5) is 5.69 Å². The minimum atomic E-state index is -3.30. The van der Waals surface area contributed by atoms with Gasteiger partial charge in [0.05, 0.1) is 12.3 Å². The number of hydrogen-bond acceptors (Lipinski definition) is 6. The number of sulfonamides is 1. The first-order valence-electron chi connectivity index (χ1n) is 12.6. The summed E-state index contributed by atoms with van der Waals surface area (Å²) in [6, 6.07) is 15.0. The lowest BCUT2D eigenvalue weighted by Gasteiger charge is -2.35. The van der Waals surface area contributed by atoms with Crippen LogP contribution in [0, 0.1) is 0 Å². The van der Waals surface area contributed by atoms with Gasteiger partial charge in [0.1, 0.15) is 11.5 Å². The molecule has 10 heteroatoms. The lowest BCUT2D eigenvalue weighted by Crippen LogP contribution is -2.54. The maximum absolute atomic E-state index is 12.6. The molecule has 1 aliphatic heterocycles. The Morgan fingerprint density at radius 1 is 1.03 bits per heavy atom. The van der Waals surface area contributed by atoms with E-state index >= 15 is 0 Å². The second-order valence-electron chi connectivity index (χ2n) is 10.6. The highest BCUT2D eigenvalue weighted by molar-refractivity contribution is 7.92. The third kappa shape index (κ3) is 10.9. The van der Waals surface area contributed by atoms with E-state index in [4.69, 9.17) is 4.74 Å². The fraction of sp³-hybridized carbons (Fsp3) is 0.519. The molecule has 0 spiro atoms. The van der Waals surface area contributed by atoms with E-state index in [1.54, 1.807) is 24.3 Å². The number of piperidine rings is 1. The summed E-state index contributed by atoms with van der Waals surface area (Å²) in [5, 5.41) is 6.65. The number of rotatable bonds is 10. The molecule has 1 amide bonds. The fourth-order valence-electron chi connectivity index (χ4n) is 4.24. The summed E-state index contributed by atoms with van der Waals surface area (Å²) in [7, 11) is -3.30. The molecular formula is C27H41ClN4O4S. The van der Waals surface area contributed by atoms with Crippen LogP contribution in [0.5, 0.6) is 11.5 Å². The summed E-state index contributed by atoms with van der Waals surface area (Å²) < 4.78 is 31.0. The Balaban J connectivity index is 0.00000481. The number of hydrogen-bond donors (Lipinski definition) is 3. The zero-order valence-corrected chi connectivity index (χ0v) is 24.0. The number of nitrogens with one attached hydrogen (secondary N) is 3. The van der Waals surface area contributed by atoms with Gasteiger partial charge in [0.15, 0.2) is 0 Å². The topological polar surface area (TPSA) is 99.8 Å². The molecule has 0 saturated carbocycles. The monoisotopic (exact) mass is 552 g/mol. The smallest absolute Gasteiger partial charge is 0.237 e. The molecule has 2 aromatic carbocycles. The van der Waals surface area contributed by atoms with Crippen molar-refractivity contribution in [3.63, 3.8) is 0 Å². The fourth-order valence-corrected chi connectivity index (χ4v) is 4.80. The normalized spacial score (nSPS) is 15.9. The number of nitrogens with zero attached hydrogens (tertiary/aromatic N) is 1. The lowest BCUT2D eigenvalue weighted by atomic mass is 10.0. The molecular weight excluding hydrogens is 512 g/mol. The van der Waals surface area contributed by atoms with Gasteiger partial charge < -0.3 is 15.4 Å². The maximum atomic E-state index is 12.6. The largest absolute Gasteiger partial charge is 0.457 e. The molecule has 206 valence electrons.